The highest BCUT2D eigenvalue weighted by Gasteiger charge is 2.32. The van der Waals surface area contributed by atoms with E-state index < -0.39 is 11.9 Å². The third kappa shape index (κ3) is 3.93. The molecule has 7 nitrogen and oxygen atoms in total. The van der Waals surface area contributed by atoms with Gasteiger partial charge < -0.3 is 10.0 Å². The lowest BCUT2D eigenvalue weighted by Gasteiger charge is -2.34. The van der Waals surface area contributed by atoms with Gasteiger partial charge in [0.15, 0.2) is 5.82 Å². The standard InChI is InChI=1S/C17H19ClN4O3/c1-11-8-12(16(23)24)10-21(9-11)17(25)19-15-6-7-22(20-15)14-5-3-2-4-13(14)18/h2-7,11-12H,8-10H2,1H3,(H,23,24)(H,19,20,25). The van der Waals surface area contributed by atoms with Crippen LogP contribution in [-0.4, -0.2) is 44.9 Å². The molecule has 0 bridgehead atoms. The Morgan fingerprint density at radius 3 is 2.76 bits per heavy atom. The van der Waals surface area contributed by atoms with Crippen molar-refractivity contribution in [3.63, 3.8) is 0 Å². The number of hydrogen-bond donors (Lipinski definition) is 2. The van der Waals surface area contributed by atoms with E-state index in [1.54, 1.807) is 23.0 Å². The lowest BCUT2D eigenvalue weighted by molar-refractivity contribution is -0.143. The van der Waals surface area contributed by atoms with Crippen LogP contribution in [0.2, 0.25) is 5.02 Å². The normalized spacial score (nSPS) is 20.3. The summed E-state index contributed by atoms with van der Waals surface area (Å²) in [5, 5.41) is 16.8. The fraction of sp³-hybridized carbons (Fsp3) is 0.353. The van der Waals surface area contributed by atoms with Gasteiger partial charge in [-0.15, -0.1) is 5.10 Å². The lowest BCUT2D eigenvalue weighted by atomic mass is 9.91. The maximum atomic E-state index is 12.4. The zero-order valence-corrected chi connectivity index (χ0v) is 14.5. The van der Waals surface area contributed by atoms with Crippen molar-refractivity contribution in [1.29, 1.82) is 0 Å². The van der Waals surface area contributed by atoms with E-state index in [1.807, 2.05) is 25.1 Å². The van der Waals surface area contributed by atoms with Crippen LogP contribution in [0.4, 0.5) is 10.6 Å². The Morgan fingerprint density at radius 1 is 1.28 bits per heavy atom. The number of benzene rings is 1. The molecule has 132 valence electrons. The zero-order valence-electron chi connectivity index (χ0n) is 13.7. The summed E-state index contributed by atoms with van der Waals surface area (Å²) in [4.78, 5) is 25.2. The average molecular weight is 363 g/mol. The summed E-state index contributed by atoms with van der Waals surface area (Å²) in [7, 11) is 0. The van der Waals surface area contributed by atoms with Crippen LogP contribution in [0.3, 0.4) is 0 Å². The number of nitrogens with one attached hydrogen (secondary N) is 1. The third-order valence-corrected chi connectivity index (χ3v) is 4.54. The van der Waals surface area contributed by atoms with Crippen molar-refractivity contribution in [3.05, 3.63) is 41.6 Å². The fourth-order valence-electron chi connectivity index (χ4n) is 3.05. The van der Waals surface area contributed by atoms with Gasteiger partial charge >= 0.3 is 12.0 Å². The summed E-state index contributed by atoms with van der Waals surface area (Å²) in [5.41, 5.74) is 0.710. The van der Waals surface area contributed by atoms with Crippen LogP contribution in [0.5, 0.6) is 0 Å². The van der Waals surface area contributed by atoms with Crippen molar-refractivity contribution in [2.24, 2.45) is 11.8 Å². The number of nitrogens with zero attached hydrogens (tertiary/aromatic N) is 3. The molecule has 2 aromatic rings. The van der Waals surface area contributed by atoms with Crippen molar-refractivity contribution in [1.82, 2.24) is 14.7 Å². The van der Waals surface area contributed by atoms with Gasteiger partial charge in [-0.05, 0) is 24.5 Å². The minimum absolute atomic E-state index is 0.140. The molecule has 2 atom stereocenters. The molecule has 2 unspecified atom stereocenters. The quantitative estimate of drug-likeness (QED) is 0.878. The van der Waals surface area contributed by atoms with Crippen molar-refractivity contribution >= 4 is 29.4 Å². The number of aliphatic carboxylic acids is 1. The molecule has 0 radical (unpaired) electrons. The van der Waals surface area contributed by atoms with E-state index in [-0.39, 0.29) is 18.5 Å². The molecule has 1 fully saturated rings. The van der Waals surface area contributed by atoms with Crippen molar-refractivity contribution in [2.75, 3.05) is 18.4 Å². The molecule has 25 heavy (non-hydrogen) atoms. The minimum Gasteiger partial charge on any atom is -0.481 e. The van der Waals surface area contributed by atoms with Crippen LogP contribution in [0.1, 0.15) is 13.3 Å². The molecule has 1 aromatic heterocycles. The number of anilines is 1. The van der Waals surface area contributed by atoms with Crippen LogP contribution in [0.15, 0.2) is 36.5 Å². The Kier molecular flexibility index (Phi) is 4.94. The first-order valence-corrected chi connectivity index (χ1v) is 8.41. The average Bonchev–Trinajstić information content (AvgIpc) is 3.02. The van der Waals surface area contributed by atoms with Crippen LogP contribution in [-0.2, 0) is 4.79 Å². The summed E-state index contributed by atoms with van der Waals surface area (Å²) in [5.74, 6) is -0.876. The highest BCUT2D eigenvalue weighted by molar-refractivity contribution is 6.32. The van der Waals surface area contributed by atoms with Gasteiger partial charge in [-0.1, -0.05) is 30.7 Å². The third-order valence-electron chi connectivity index (χ3n) is 4.22. The van der Waals surface area contributed by atoms with E-state index in [0.29, 0.717) is 29.5 Å². The summed E-state index contributed by atoms with van der Waals surface area (Å²) in [6, 6.07) is 8.59. The summed E-state index contributed by atoms with van der Waals surface area (Å²) in [6.45, 7) is 2.68. The first-order valence-electron chi connectivity index (χ1n) is 8.03. The van der Waals surface area contributed by atoms with Gasteiger partial charge in [-0.3, -0.25) is 10.1 Å². The second kappa shape index (κ2) is 7.14. The second-order valence-electron chi connectivity index (χ2n) is 6.31. The number of carbonyl (C=O) groups excluding carboxylic acids is 1. The number of halogens is 1. The summed E-state index contributed by atoms with van der Waals surface area (Å²) < 4.78 is 1.58. The number of carboxylic acid groups (broad SMARTS) is 1. The van der Waals surface area contributed by atoms with E-state index in [2.05, 4.69) is 10.4 Å². The number of para-hydroxylation sites is 1. The van der Waals surface area contributed by atoms with Gasteiger partial charge in [0.25, 0.3) is 0 Å². The molecule has 2 amide bonds. The van der Waals surface area contributed by atoms with Crippen LogP contribution < -0.4 is 5.32 Å². The Hall–Kier alpha value is -2.54. The van der Waals surface area contributed by atoms with Gasteiger partial charge in [0.2, 0.25) is 0 Å². The zero-order chi connectivity index (χ0) is 18.0. The first kappa shape index (κ1) is 17.3. The van der Waals surface area contributed by atoms with Crippen LogP contribution in [0.25, 0.3) is 5.69 Å². The van der Waals surface area contributed by atoms with Crippen molar-refractivity contribution < 1.29 is 14.7 Å². The van der Waals surface area contributed by atoms with Gasteiger partial charge in [0, 0.05) is 25.4 Å². The van der Waals surface area contributed by atoms with E-state index >= 15 is 0 Å². The molecule has 0 saturated carbocycles. The Balaban J connectivity index is 1.69. The number of amides is 2. The highest BCUT2D eigenvalue weighted by Crippen LogP contribution is 2.23. The van der Waals surface area contributed by atoms with Crippen LogP contribution >= 0.6 is 11.6 Å². The first-order chi connectivity index (χ1) is 11.9. The highest BCUT2D eigenvalue weighted by atomic mass is 35.5. The molecule has 1 aliphatic heterocycles. The lowest BCUT2D eigenvalue weighted by Crippen LogP contribution is -2.47. The Morgan fingerprint density at radius 2 is 2.04 bits per heavy atom. The molecule has 1 saturated heterocycles. The van der Waals surface area contributed by atoms with Crippen LogP contribution in [0, 0.1) is 11.8 Å². The smallest absolute Gasteiger partial charge is 0.323 e. The SMILES string of the molecule is CC1CC(C(=O)O)CN(C(=O)Nc2ccn(-c3ccccc3Cl)n2)C1. The number of aromatic nitrogens is 2. The number of rotatable bonds is 3. The topological polar surface area (TPSA) is 87.5 Å². The molecular weight excluding hydrogens is 344 g/mol. The molecule has 1 aromatic carbocycles. The summed E-state index contributed by atoms with van der Waals surface area (Å²) in [6.07, 6.45) is 2.29. The number of urea groups is 1. The molecule has 2 heterocycles. The van der Waals surface area contributed by atoms with Crippen molar-refractivity contribution in [3.8, 4) is 5.69 Å². The maximum Gasteiger partial charge on any atom is 0.323 e. The fourth-order valence-corrected chi connectivity index (χ4v) is 3.27. The second-order valence-corrected chi connectivity index (χ2v) is 6.72. The van der Waals surface area contributed by atoms with Gasteiger partial charge in [-0.25, -0.2) is 9.48 Å². The van der Waals surface area contributed by atoms with E-state index in [0.717, 1.165) is 0 Å². The molecule has 0 spiro atoms. The van der Waals surface area contributed by atoms with E-state index in [1.165, 1.54) is 4.90 Å². The van der Waals surface area contributed by atoms with E-state index in [9.17, 15) is 14.7 Å². The number of piperidine rings is 1. The van der Waals surface area contributed by atoms with Gasteiger partial charge in [0.05, 0.1) is 16.6 Å². The minimum atomic E-state index is -0.868. The number of hydrogen-bond acceptors (Lipinski definition) is 3. The number of carbonyl (C=O) groups is 2. The summed E-state index contributed by atoms with van der Waals surface area (Å²) >= 11 is 6.15. The monoisotopic (exact) mass is 362 g/mol. The van der Waals surface area contributed by atoms with Gasteiger partial charge in [0.1, 0.15) is 0 Å². The largest absolute Gasteiger partial charge is 0.481 e. The number of likely N-dealkylation sites (tertiary alicyclic amines) is 1. The predicted octanol–water partition coefficient (Wildman–Crippen LogP) is 3.10. The van der Waals surface area contributed by atoms with Gasteiger partial charge in [-0.2, -0.15) is 0 Å². The molecule has 0 aliphatic carbocycles. The van der Waals surface area contributed by atoms with E-state index in [4.69, 9.17) is 11.6 Å². The molecule has 2 N–H and O–H groups in total. The molecule has 3 rings (SSSR count). The Labute approximate surface area is 150 Å². The maximum absolute atomic E-state index is 12.4. The molecular formula is C17H19ClN4O3. The number of carboxylic acids is 1. The molecule has 1 aliphatic rings. The molecule has 8 heteroatoms. The predicted molar refractivity (Wildman–Crippen MR) is 94.1 cm³/mol. The Bertz CT molecular complexity index is 792. The van der Waals surface area contributed by atoms with Crippen molar-refractivity contribution in [2.45, 2.75) is 13.3 Å².